The van der Waals surface area contributed by atoms with Crippen LogP contribution in [0.25, 0.3) is 0 Å². The minimum absolute atomic E-state index is 0.184. The van der Waals surface area contributed by atoms with E-state index in [9.17, 15) is 9.18 Å². The molecule has 0 radical (unpaired) electrons. The largest absolute Gasteiger partial charge is 0.444 e. The molecule has 20 heavy (non-hydrogen) atoms. The van der Waals surface area contributed by atoms with Gasteiger partial charge >= 0.3 is 6.09 Å². The molecule has 0 heterocycles. The Labute approximate surface area is 119 Å². The fraction of sp³-hybridized carbons (Fsp3) is 0.562. The SMILES string of the molecule is CC(C)(C)OC(=O)NC1CC(Cc2cccc(F)c2)C1. The molecule has 110 valence electrons. The van der Waals surface area contributed by atoms with Crippen molar-refractivity contribution in [1.82, 2.24) is 5.32 Å². The fourth-order valence-corrected chi connectivity index (χ4v) is 2.49. The van der Waals surface area contributed by atoms with Gasteiger partial charge in [0.1, 0.15) is 11.4 Å². The maximum absolute atomic E-state index is 13.1. The summed E-state index contributed by atoms with van der Waals surface area (Å²) < 4.78 is 18.3. The van der Waals surface area contributed by atoms with Crippen molar-refractivity contribution in [3.8, 4) is 0 Å². The molecule has 0 atom stereocenters. The van der Waals surface area contributed by atoms with E-state index in [1.807, 2.05) is 26.8 Å². The predicted molar refractivity (Wildman–Crippen MR) is 76.0 cm³/mol. The molecular weight excluding hydrogens is 257 g/mol. The van der Waals surface area contributed by atoms with Crippen LogP contribution in [0.4, 0.5) is 9.18 Å². The normalized spacial score (nSPS) is 22.0. The molecule has 0 saturated heterocycles. The van der Waals surface area contributed by atoms with Gasteiger partial charge in [-0.05, 0) is 63.6 Å². The van der Waals surface area contributed by atoms with E-state index in [0.29, 0.717) is 5.92 Å². The van der Waals surface area contributed by atoms with Crippen molar-refractivity contribution in [2.24, 2.45) is 5.92 Å². The number of carbonyl (C=O) groups excluding carboxylic acids is 1. The van der Waals surface area contributed by atoms with Crippen LogP contribution in [-0.2, 0) is 11.2 Å². The first kappa shape index (κ1) is 14.8. The summed E-state index contributed by atoms with van der Waals surface area (Å²) in [5.41, 5.74) is 0.556. The minimum atomic E-state index is -0.463. The van der Waals surface area contributed by atoms with Gasteiger partial charge in [-0.25, -0.2) is 9.18 Å². The van der Waals surface area contributed by atoms with Crippen molar-refractivity contribution in [2.45, 2.75) is 51.7 Å². The van der Waals surface area contributed by atoms with Crippen LogP contribution in [0.5, 0.6) is 0 Å². The van der Waals surface area contributed by atoms with Crippen molar-refractivity contribution < 1.29 is 13.9 Å². The van der Waals surface area contributed by atoms with Crippen LogP contribution in [0.15, 0.2) is 24.3 Å². The van der Waals surface area contributed by atoms with E-state index in [1.54, 1.807) is 12.1 Å². The smallest absolute Gasteiger partial charge is 0.407 e. The van der Waals surface area contributed by atoms with Crippen molar-refractivity contribution >= 4 is 6.09 Å². The summed E-state index contributed by atoms with van der Waals surface area (Å²) in [6.45, 7) is 5.54. The second-order valence-corrected chi connectivity index (χ2v) is 6.51. The summed E-state index contributed by atoms with van der Waals surface area (Å²) in [5.74, 6) is 0.321. The highest BCUT2D eigenvalue weighted by Gasteiger charge is 2.31. The summed E-state index contributed by atoms with van der Waals surface area (Å²) in [6.07, 6.45) is 2.36. The van der Waals surface area contributed by atoms with Gasteiger partial charge in [0.15, 0.2) is 0 Å². The lowest BCUT2D eigenvalue weighted by Gasteiger charge is -2.36. The lowest BCUT2D eigenvalue weighted by molar-refractivity contribution is 0.0452. The summed E-state index contributed by atoms with van der Waals surface area (Å²) in [6, 6.07) is 6.90. The Hall–Kier alpha value is -1.58. The van der Waals surface area contributed by atoms with Crippen molar-refractivity contribution in [1.29, 1.82) is 0 Å². The molecule has 0 unspecified atom stereocenters. The first-order valence-corrected chi connectivity index (χ1v) is 7.06. The number of hydrogen-bond acceptors (Lipinski definition) is 2. The summed E-state index contributed by atoms with van der Waals surface area (Å²) in [4.78, 5) is 11.6. The fourth-order valence-electron chi connectivity index (χ4n) is 2.49. The average molecular weight is 279 g/mol. The van der Waals surface area contributed by atoms with Gasteiger partial charge in [0.05, 0.1) is 0 Å². The molecule has 4 heteroatoms. The highest BCUT2D eigenvalue weighted by Crippen LogP contribution is 2.31. The van der Waals surface area contributed by atoms with Gasteiger partial charge in [-0.1, -0.05) is 12.1 Å². The van der Waals surface area contributed by atoms with E-state index in [-0.39, 0.29) is 18.0 Å². The van der Waals surface area contributed by atoms with Gasteiger partial charge in [-0.15, -0.1) is 0 Å². The zero-order valence-corrected chi connectivity index (χ0v) is 12.3. The Morgan fingerprint density at radius 1 is 1.40 bits per heavy atom. The number of amides is 1. The number of alkyl carbamates (subject to hydrolysis) is 1. The van der Waals surface area contributed by atoms with Gasteiger partial charge in [-0.2, -0.15) is 0 Å². The number of rotatable bonds is 3. The van der Waals surface area contributed by atoms with Crippen molar-refractivity contribution in [3.05, 3.63) is 35.6 Å². The van der Waals surface area contributed by atoms with Crippen LogP contribution in [0.2, 0.25) is 0 Å². The molecule has 0 aliphatic heterocycles. The van der Waals surface area contributed by atoms with Crippen molar-refractivity contribution in [2.75, 3.05) is 0 Å². The Morgan fingerprint density at radius 3 is 2.70 bits per heavy atom. The van der Waals surface area contributed by atoms with E-state index < -0.39 is 5.60 Å². The molecule has 3 nitrogen and oxygen atoms in total. The lowest BCUT2D eigenvalue weighted by Crippen LogP contribution is -2.46. The summed E-state index contributed by atoms with van der Waals surface area (Å²) in [7, 11) is 0. The molecule has 1 aliphatic carbocycles. The molecule has 0 bridgehead atoms. The molecule has 2 rings (SSSR count). The van der Waals surface area contributed by atoms with E-state index >= 15 is 0 Å². The summed E-state index contributed by atoms with van der Waals surface area (Å²) in [5, 5.41) is 2.86. The number of benzene rings is 1. The van der Waals surface area contributed by atoms with E-state index in [2.05, 4.69) is 5.32 Å². The molecule has 1 N–H and O–H groups in total. The Bertz CT molecular complexity index is 476. The van der Waals surface area contributed by atoms with Crippen LogP contribution in [0.1, 0.15) is 39.2 Å². The van der Waals surface area contributed by atoms with Gasteiger partial charge in [0.25, 0.3) is 0 Å². The number of halogens is 1. The van der Waals surface area contributed by atoms with E-state index in [0.717, 1.165) is 24.8 Å². The van der Waals surface area contributed by atoms with E-state index in [4.69, 9.17) is 4.74 Å². The van der Waals surface area contributed by atoms with Gasteiger partial charge in [0.2, 0.25) is 0 Å². The second-order valence-electron chi connectivity index (χ2n) is 6.51. The van der Waals surface area contributed by atoms with Crippen molar-refractivity contribution in [3.63, 3.8) is 0 Å². The molecule has 1 aromatic rings. The van der Waals surface area contributed by atoms with Gasteiger partial charge < -0.3 is 10.1 Å². The van der Waals surface area contributed by atoms with Crippen LogP contribution >= 0.6 is 0 Å². The number of ether oxygens (including phenoxy) is 1. The first-order valence-electron chi connectivity index (χ1n) is 7.06. The molecule has 0 spiro atoms. The molecule has 1 amide bonds. The van der Waals surface area contributed by atoms with Crippen LogP contribution in [0.3, 0.4) is 0 Å². The molecular formula is C16H22FNO2. The monoisotopic (exact) mass is 279 g/mol. The third-order valence-electron chi connectivity index (χ3n) is 3.37. The standard InChI is InChI=1S/C16H22FNO2/c1-16(2,3)20-15(19)18-14-9-12(10-14)7-11-5-4-6-13(17)8-11/h4-6,8,12,14H,7,9-10H2,1-3H3,(H,18,19). The van der Waals surface area contributed by atoms with Crippen LogP contribution in [0, 0.1) is 11.7 Å². The van der Waals surface area contributed by atoms with E-state index in [1.165, 1.54) is 6.07 Å². The Morgan fingerprint density at radius 2 is 2.10 bits per heavy atom. The lowest BCUT2D eigenvalue weighted by atomic mass is 9.77. The highest BCUT2D eigenvalue weighted by atomic mass is 19.1. The maximum atomic E-state index is 13.1. The quantitative estimate of drug-likeness (QED) is 0.916. The number of carbonyl (C=O) groups is 1. The Balaban J connectivity index is 1.71. The minimum Gasteiger partial charge on any atom is -0.444 e. The molecule has 0 aromatic heterocycles. The zero-order valence-electron chi connectivity index (χ0n) is 12.3. The Kier molecular flexibility index (Phi) is 4.31. The zero-order chi connectivity index (χ0) is 14.8. The molecule has 1 saturated carbocycles. The molecule has 1 fully saturated rings. The van der Waals surface area contributed by atoms with Gasteiger partial charge in [0, 0.05) is 6.04 Å². The topological polar surface area (TPSA) is 38.3 Å². The molecule has 1 aliphatic rings. The third kappa shape index (κ3) is 4.51. The maximum Gasteiger partial charge on any atom is 0.407 e. The first-order chi connectivity index (χ1) is 9.32. The van der Waals surface area contributed by atoms with Crippen LogP contribution < -0.4 is 5.32 Å². The van der Waals surface area contributed by atoms with Gasteiger partial charge in [-0.3, -0.25) is 0 Å². The highest BCUT2D eigenvalue weighted by molar-refractivity contribution is 5.68. The predicted octanol–water partition coefficient (Wildman–Crippen LogP) is 3.67. The van der Waals surface area contributed by atoms with Crippen LogP contribution in [-0.4, -0.2) is 17.7 Å². The number of nitrogens with one attached hydrogen (secondary N) is 1. The molecule has 1 aromatic carbocycles. The summed E-state index contributed by atoms with van der Waals surface area (Å²) >= 11 is 0. The third-order valence-corrected chi connectivity index (χ3v) is 3.37. The average Bonchev–Trinajstić information content (AvgIpc) is 2.23. The number of hydrogen-bond donors (Lipinski definition) is 1. The second kappa shape index (κ2) is 5.81.